The van der Waals surface area contributed by atoms with E-state index in [9.17, 15) is 13.2 Å². The summed E-state index contributed by atoms with van der Waals surface area (Å²) < 4.78 is 26.4. The van der Waals surface area contributed by atoms with Crippen LogP contribution >= 0.6 is 0 Å². The van der Waals surface area contributed by atoms with Crippen LogP contribution in [0.5, 0.6) is 0 Å². The van der Waals surface area contributed by atoms with Gasteiger partial charge < -0.3 is 4.74 Å². The summed E-state index contributed by atoms with van der Waals surface area (Å²) >= 11 is 0. The van der Waals surface area contributed by atoms with Crippen molar-refractivity contribution in [1.29, 1.82) is 0 Å². The number of rotatable bonds is 4. The number of carbonyl (C=O) groups is 1. The van der Waals surface area contributed by atoms with Crippen LogP contribution in [0.15, 0.2) is 0 Å². The molecule has 0 spiro atoms. The molecule has 0 saturated carbocycles. The smallest absolute Gasteiger partial charge is 0.321 e. The average molecular weight is 196 g/mol. The highest BCUT2D eigenvalue weighted by Crippen LogP contribution is 1.89. The Kier molecular flexibility index (Phi) is 4.15. The van der Waals surface area contributed by atoms with Crippen LogP contribution in [-0.2, 0) is 19.7 Å². The highest BCUT2D eigenvalue weighted by Gasteiger charge is 2.15. The lowest BCUT2D eigenvalue weighted by atomic mass is 10.6. The van der Waals surface area contributed by atoms with Gasteiger partial charge in [0.05, 0.1) is 6.61 Å². The molecule has 0 aromatic heterocycles. The number of carbonyl (C=O) groups excluding carboxylic acids is 1. The molecule has 72 valence electrons. The Morgan fingerprint density at radius 1 is 1.58 bits per heavy atom. The van der Waals surface area contributed by atoms with Crippen molar-refractivity contribution in [3.8, 4) is 0 Å². The summed E-state index contributed by atoms with van der Waals surface area (Å²) in [4.78, 5) is 10.7. The summed E-state index contributed by atoms with van der Waals surface area (Å²) in [7, 11) is -2.58. The predicted octanol–water partition coefficient (Wildman–Crippen LogP) is -1.32. The second-order valence-electron chi connectivity index (χ2n) is 2.11. The summed E-state index contributed by atoms with van der Waals surface area (Å²) in [6.45, 7) is 1.50. The van der Waals surface area contributed by atoms with Crippen LogP contribution in [0, 0.1) is 0 Å². The number of likely N-dealkylation sites (N-methyl/N-ethyl adjacent to an activating group) is 1. The lowest BCUT2D eigenvalue weighted by Crippen LogP contribution is -2.37. The van der Waals surface area contributed by atoms with E-state index in [2.05, 4.69) is 4.74 Å². The molecule has 0 bridgehead atoms. The van der Waals surface area contributed by atoms with Gasteiger partial charge in [0.25, 0.3) is 10.2 Å². The normalized spacial score (nSPS) is 11.7. The summed E-state index contributed by atoms with van der Waals surface area (Å²) in [5.74, 6) is -0.617. The molecule has 0 aromatic rings. The molecule has 0 fully saturated rings. The molecule has 0 aliphatic carbocycles. The molecule has 0 radical (unpaired) electrons. The van der Waals surface area contributed by atoms with E-state index >= 15 is 0 Å². The molecule has 0 atom stereocenters. The Morgan fingerprint density at radius 3 is 2.42 bits per heavy atom. The van der Waals surface area contributed by atoms with Crippen LogP contribution in [0.4, 0.5) is 0 Å². The van der Waals surface area contributed by atoms with E-state index < -0.39 is 16.2 Å². The number of ether oxygens (including phenoxy) is 1. The van der Waals surface area contributed by atoms with Gasteiger partial charge in [0.1, 0.15) is 6.54 Å². The lowest BCUT2D eigenvalue weighted by molar-refractivity contribution is -0.143. The molecule has 0 heterocycles. The Labute approximate surface area is 71.5 Å². The van der Waals surface area contributed by atoms with Crippen LogP contribution in [-0.4, -0.2) is 38.9 Å². The van der Waals surface area contributed by atoms with Gasteiger partial charge in [-0.1, -0.05) is 0 Å². The first-order valence-electron chi connectivity index (χ1n) is 3.27. The largest absolute Gasteiger partial charge is 0.465 e. The monoisotopic (exact) mass is 196 g/mol. The maximum atomic E-state index is 10.7. The van der Waals surface area contributed by atoms with Crippen LogP contribution in [0.3, 0.4) is 0 Å². The summed E-state index contributed by atoms with van der Waals surface area (Å²) in [5.41, 5.74) is 0. The second-order valence-corrected chi connectivity index (χ2v) is 3.76. The van der Waals surface area contributed by atoms with E-state index in [1.165, 1.54) is 7.05 Å². The van der Waals surface area contributed by atoms with Gasteiger partial charge >= 0.3 is 5.97 Å². The van der Waals surface area contributed by atoms with Gasteiger partial charge in [-0.25, -0.2) is 5.14 Å². The van der Waals surface area contributed by atoms with Crippen molar-refractivity contribution in [1.82, 2.24) is 4.31 Å². The minimum Gasteiger partial charge on any atom is -0.465 e. The second kappa shape index (κ2) is 4.39. The number of hydrogen-bond acceptors (Lipinski definition) is 4. The Hall–Kier alpha value is -0.660. The fraction of sp³-hybridized carbons (Fsp3) is 0.800. The summed E-state index contributed by atoms with van der Waals surface area (Å²) in [5, 5.41) is 4.71. The van der Waals surface area contributed by atoms with Crippen molar-refractivity contribution >= 4 is 16.2 Å². The van der Waals surface area contributed by atoms with E-state index in [-0.39, 0.29) is 13.2 Å². The molecule has 0 amide bonds. The van der Waals surface area contributed by atoms with Gasteiger partial charge in [0, 0.05) is 7.05 Å². The van der Waals surface area contributed by atoms with Crippen molar-refractivity contribution in [3.63, 3.8) is 0 Å². The molecule has 0 rings (SSSR count). The molecule has 0 aliphatic heterocycles. The van der Waals surface area contributed by atoms with E-state index in [1.807, 2.05) is 0 Å². The van der Waals surface area contributed by atoms with E-state index in [4.69, 9.17) is 5.14 Å². The van der Waals surface area contributed by atoms with Crippen LogP contribution in [0.25, 0.3) is 0 Å². The van der Waals surface area contributed by atoms with Gasteiger partial charge in [0.2, 0.25) is 0 Å². The zero-order valence-electron chi connectivity index (χ0n) is 6.98. The highest BCUT2D eigenvalue weighted by molar-refractivity contribution is 7.86. The highest BCUT2D eigenvalue weighted by atomic mass is 32.2. The Bertz CT molecular complexity index is 248. The van der Waals surface area contributed by atoms with Crippen molar-refractivity contribution in [3.05, 3.63) is 0 Å². The number of esters is 1. The molecule has 6 nitrogen and oxygen atoms in total. The molecular weight excluding hydrogens is 184 g/mol. The third kappa shape index (κ3) is 4.27. The van der Waals surface area contributed by atoms with Crippen LogP contribution < -0.4 is 5.14 Å². The number of hydrogen-bond donors (Lipinski definition) is 1. The van der Waals surface area contributed by atoms with E-state index in [0.29, 0.717) is 4.31 Å². The van der Waals surface area contributed by atoms with Gasteiger partial charge in [0.15, 0.2) is 0 Å². The first-order chi connectivity index (χ1) is 5.38. The molecule has 7 heteroatoms. The van der Waals surface area contributed by atoms with Crippen LogP contribution in [0.2, 0.25) is 0 Å². The van der Waals surface area contributed by atoms with Crippen molar-refractivity contribution in [2.24, 2.45) is 5.14 Å². The van der Waals surface area contributed by atoms with Gasteiger partial charge in [-0.2, -0.15) is 12.7 Å². The minimum absolute atomic E-state index is 0.220. The van der Waals surface area contributed by atoms with Crippen LogP contribution in [0.1, 0.15) is 6.92 Å². The fourth-order valence-electron chi connectivity index (χ4n) is 0.478. The van der Waals surface area contributed by atoms with Gasteiger partial charge in [-0.3, -0.25) is 4.79 Å². The fourth-order valence-corrected chi connectivity index (χ4v) is 0.764. The lowest BCUT2D eigenvalue weighted by Gasteiger charge is -2.11. The quantitative estimate of drug-likeness (QED) is 0.565. The van der Waals surface area contributed by atoms with E-state index in [0.717, 1.165) is 0 Å². The zero-order valence-corrected chi connectivity index (χ0v) is 7.80. The van der Waals surface area contributed by atoms with Crippen molar-refractivity contribution in [2.75, 3.05) is 20.2 Å². The molecular formula is C5H12N2O4S. The maximum absolute atomic E-state index is 10.7. The molecule has 2 N–H and O–H groups in total. The van der Waals surface area contributed by atoms with E-state index in [1.54, 1.807) is 6.92 Å². The van der Waals surface area contributed by atoms with Crippen molar-refractivity contribution < 1.29 is 17.9 Å². The molecule has 0 unspecified atom stereocenters. The molecule has 12 heavy (non-hydrogen) atoms. The first-order valence-corrected chi connectivity index (χ1v) is 4.78. The SMILES string of the molecule is CCOC(=O)CN(C)S(N)(=O)=O. The zero-order chi connectivity index (χ0) is 9.78. The van der Waals surface area contributed by atoms with Gasteiger partial charge in [-0.15, -0.1) is 0 Å². The summed E-state index contributed by atoms with van der Waals surface area (Å²) in [6.07, 6.45) is 0. The Morgan fingerprint density at radius 2 is 2.08 bits per heavy atom. The number of nitrogens with zero attached hydrogens (tertiary/aromatic N) is 1. The first kappa shape index (κ1) is 11.3. The molecule has 0 aromatic carbocycles. The third-order valence-corrected chi connectivity index (χ3v) is 2.09. The Balaban J connectivity index is 4.02. The molecule has 0 saturated heterocycles. The topological polar surface area (TPSA) is 89.7 Å². The summed E-state index contributed by atoms with van der Waals surface area (Å²) in [6, 6.07) is 0. The predicted molar refractivity (Wildman–Crippen MR) is 42.4 cm³/mol. The molecule has 0 aliphatic rings. The third-order valence-electron chi connectivity index (χ3n) is 1.09. The maximum Gasteiger partial charge on any atom is 0.321 e. The van der Waals surface area contributed by atoms with Gasteiger partial charge in [-0.05, 0) is 6.92 Å². The minimum atomic E-state index is -3.78. The van der Waals surface area contributed by atoms with Crippen molar-refractivity contribution in [2.45, 2.75) is 6.92 Å². The number of nitrogens with two attached hydrogens (primary N) is 1. The average Bonchev–Trinajstić information content (AvgIpc) is 1.85. The standard InChI is InChI=1S/C5H12N2O4S/c1-3-11-5(8)4-7(2)12(6,9)10/h3-4H2,1-2H3,(H2,6,9,10).